The molecule has 1 aliphatic rings. The number of rotatable bonds is 9. The lowest BCUT2D eigenvalue weighted by Gasteiger charge is -2.08. The van der Waals surface area contributed by atoms with E-state index in [1.807, 2.05) is 31.2 Å². The molecule has 0 radical (unpaired) electrons. The molecule has 0 amide bonds. The Morgan fingerprint density at radius 3 is 2.67 bits per heavy atom. The van der Waals surface area contributed by atoms with E-state index in [-0.39, 0.29) is 0 Å². The first-order valence-electron chi connectivity index (χ1n) is 6.97. The van der Waals surface area contributed by atoms with Crippen LogP contribution in [0.3, 0.4) is 0 Å². The normalized spacial score (nSPS) is 14.5. The largest absolute Gasteiger partial charge is 0.494 e. The minimum Gasteiger partial charge on any atom is -0.494 e. The quantitative estimate of drug-likeness (QED) is 0.682. The molecule has 1 saturated carbocycles. The van der Waals surface area contributed by atoms with Crippen LogP contribution in [-0.4, -0.2) is 25.8 Å². The van der Waals surface area contributed by atoms with Crippen molar-refractivity contribution in [1.82, 2.24) is 5.32 Å². The van der Waals surface area contributed by atoms with Crippen molar-refractivity contribution in [3.8, 4) is 11.5 Å². The van der Waals surface area contributed by atoms with Gasteiger partial charge in [0.25, 0.3) is 0 Å². The van der Waals surface area contributed by atoms with Gasteiger partial charge in [0.05, 0.1) is 13.2 Å². The van der Waals surface area contributed by atoms with E-state index in [1.165, 1.54) is 19.3 Å². The number of hydrogen-bond acceptors (Lipinski definition) is 3. The minimum absolute atomic E-state index is 0.691. The van der Waals surface area contributed by atoms with Crippen LogP contribution in [0.2, 0.25) is 0 Å². The predicted octanol–water partition coefficient (Wildman–Crippen LogP) is 3.00. The molecule has 2 rings (SSSR count). The Morgan fingerprint density at radius 1 is 1.17 bits per heavy atom. The summed E-state index contributed by atoms with van der Waals surface area (Å²) in [5.41, 5.74) is 0. The number of benzene rings is 1. The van der Waals surface area contributed by atoms with E-state index >= 15 is 0 Å². The van der Waals surface area contributed by atoms with Crippen molar-refractivity contribution in [1.29, 1.82) is 0 Å². The maximum absolute atomic E-state index is 5.71. The number of ether oxygens (including phenoxy) is 2. The summed E-state index contributed by atoms with van der Waals surface area (Å²) in [6.45, 7) is 4.58. The van der Waals surface area contributed by atoms with Crippen LogP contribution in [0.4, 0.5) is 0 Å². The molecule has 0 spiro atoms. The van der Waals surface area contributed by atoms with Gasteiger partial charge in [-0.1, -0.05) is 6.07 Å². The van der Waals surface area contributed by atoms with Crippen LogP contribution < -0.4 is 14.8 Å². The molecule has 100 valence electrons. The van der Waals surface area contributed by atoms with E-state index in [2.05, 4.69) is 5.32 Å². The van der Waals surface area contributed by atoms with Crippen LogP contribution in [-0.2, 0) is 0 Å². The van der Waals surface area contributed by atoms with Crippen molar-refractivity contribution in [2.75, 3.05) is 19.8 Å². The molecule has 3 nitrogen and oxygen atoms in total. The van der Waals surface area contributed by atoms with Gasteiger partial charge in [-0.05, 0) is 51.3 Å². The molecular weight excluding hydrogens is 226 g/mol. The molecule has 1 aromatic rings. The Hall–Kier alpha value is -1.22. The summed E-state index contributed by atoms with van der Waals surface area (Å²) >= 11 is 0. The first-order valence-corrected chi connectivity index (χ1v) is 6.97. The molecular formula is C15H23NO2. The number of hydrogen-bond donors (Lipinski definition) is 1. The lowest BCUT2D eigenvalue weighted by Crippen LogP contribution is -2.17. The smallest absolute Gasteiger partial charge is 0.122 e. The Labute approximate surface area is 109 Å². The summed E-state index contributed by atoms with van der Waals surface area (Å²) in [6.07, 6.45) is 5.00. The van der Waals surface area contributed by atoms with E-state index in [9.17, 15) is 0 Å². The summed E-state index contributed by atoms with van der Waals surface area (Å²) in [4.78, 5) is 0. The highest BCUT2D eigenvalue weighted by Gasteiger charge is 2.19. The predicted molar refractivity (Wildman–Crippen MR) is 73.4 cm³/mol. The highest BCUT2D eigenvalue weighted by atomic mass is 16.5. The third-order valence-electron chi connectivity index (χ3n) is 2.97. The summed E-state index contributed by atoms with van der Waals surface area (Å²) < 4.78 is 11.1. The van der Waals surface area contributed by atoms with E-state index in [1.54, 1.807) is 0 Å². The first-order chi connectivity index (χ1) is 8.88. The second-order valence-corrected chi connectivity index (χ2v) is 4.69. The number of unbranched alkanes of at least 4 members (excludes halogenated alkanes) is 1. The molecule has 1 aliphatic carbocycles. The number of nitrogens with one attached hydrogen (secondary N) is 1. The molecule has 0 unspecified atom stereocenters. The summed E-state index contributed by atoms with van der Waals surface area (Å²) in [5, 5.41) is 3.51. The zero-order valence-electron chi connectivity index (χ0n) is 11.2. The van der Waals surface area contributed by atoms with Crippen LogP contribution >= 0.6 is 0 Å². The fourth-order valence-corrected chi connectivity index (χ4v) is 1.83. The van der Waals surface area contributed by atoms with Crippen molar-refractivity contribution in [3.63, 3.8) is 0 Å². The Balaban J connectivity index is 1.58. The molecule has 1 aromatic carbocycles. The highest BCUT2D eigenvalue weighted by molar-refractivity contribution is 5.32. The molecule has 0 saturated heterocycles. The average molecular weight is 249 g/mol. The van der Waals surface area contributed by atoms with Crippen LogP contribution in [0.15, 0.2) is 24.3 Å². The van der Waals surface area contributed by atoms with Gasteiger partial charge in [0, 0.05) is 12.1 Å². The highest BCUT2D eigenvalue weighted by Crippen LogP contribution is 2.20. The second kappa shape index (κ2) is 7.27. The standard InChI is InChI=1S/C15H23NO2/c1-2-17-14-6-5-7-15(12-14)18-11-4-3-10-16-13-8-9-13/h5-7,12-13,16H,2-4,8-11H2,1H3. The zero-order chi connectivity index (χ0) is 12.6. The minimum atomic E-state index is 0.691. The van der Waals surface area contributed by atoms with Crippen molar-refractivity contribution in [2.45, 2.75) is 38.6 Å². The van der Waals surface area contributed by atoms with E-state index < -0.39 is 0 Å². The molecule has 0 atom stereocenters. The van der Waals surface area contributed by atoms with Gasteiger partial charge < -0.3 is 14.8 Å². The molecule has 1 N–H and O–H groups in total. The zero-order valence-corrected chi connectivity index (χ0v) is 11.2. The van der Waals surface area contributed by atoms with Crippen LogP contribution in [0.1, 0.15) is 32.6 Å². The summed E-state index contributed by atoms with van der Waals surface area (Å²) in [5.74, 6) is 1.78. The SMILES string of the molecule is CCOc1cccc(OCCCCNC2CC2)c1. The fraction of sp³-hybridized carbons (Fsp3) is 0.600. The van der Waals surface area contributed by atoms with Gasteiger partial charge in [-0.15, -0.1) is 0 Å². The molecule has 0 aliphatic heterocycles. The van der Waals surface area contributed by atoms with Gasteiger partial charge in [-0.25, -0.2) is 0 Å². The first kappa shape index (κ1) is 13.2. The lowest BCUT2D eigenvalue weighted by atomic mass is 10.3. The van der Waals surface area contributed by atoms with Gasteiger partial charge in [0.15, 0.2) is 0 Å². The Kier molecular flexibility index (Phi) is 5.34. The van der Waals surface area contributed by atoms with Gasteiger partial charge in [0.1, 0.15) is 11.5 Å². The maximum atomic E-state index is 5.71. The summed E-state index contributed by atoms with van der Waals surface area (Å²) in [7, 11) is 0. The molecule has 0 bridgehead atoms. The molecule has 3 heteroatoms. The van der Waals surface area contributed by atoms with Crippen LogP contribution in [0.5, 0.6) is 11.5 Å². The van der Waals surface area contributed by atoms with Crippen molar-refractivity contribution in [2.24, 2.45) is 0 Å². The molecule has 0 aromatic heterocycles. The van der Waals surface area contributed by atoms with E-state index in [0.717, 1.165) is 37.1 Å². The average Bonchev–Trinajstić information content (AvgIpc) is 3.19. The van der Waals surface area contributed by atoms with Crippen LogP contribution in [0.25, 0.3) is 0 Å². The van der Waals surface area contributed by atoms with E-state index in [0.29, 0.717) is 6.61 Å². The Morgan fingerprint density at radius 2 is 1.94 bits per heavy atom. The molecule has 18 heavy (non-hydrogen) atoms. The Bertz CT molecular complexity index is 350. The van der Waals surface area contributed by atoms with Gasteiger partial charge >= 0.3 is 0 Å². The molecule has 0 heterocycles. The fourth-order valence-electron chi connectivity index (χ4n) is 1.83. The van der Waals surface area contributed by atoms with E-state index in [4.69, 9.17) is 9.47 Å². The van der Waals surface area contributed by atoms with Crippen LogP contribution in [0, 0.1) is 0 Å². The van der Waals surface area contributed by atoms with Crippen molar-refractivity contribution in [3.05, 3.63) is 24.3 Å². The molecule has 1 fully saturated rings. The topological polar surface area (TPSA) is 30.5 Å². The lowest BCUT2D eigenvalue weighted by molar-refractivity contribution is 0.299. The van der Waals surface area contributed by atoms with Gasteiger partial charge in [-0.3, -0.25) is 0 Å². The monoisotopic (exact) mass is 249 g/mol. The second-order valence-electron chi connectivity index (χ2n) is 4.69. The van der Waals surface area contributed by atoms with Gasteiger partial charge in [0.2, 0.25) is 0 Å². The van der Waals surface area contributed by atoms with Crippen molar-refractivity contribution >= 4 is 0 Å². The third kappa shape index (κ3) is 4.96. The van der Waals surface area contributed by atoms with Crippen molar-refractivity contribution < 1.29 is 9.47 Å². The summed E-state index contributed by atoms with van der Waals surface area (Å²) in [6, 6.07) is 8.66. The third-order valence-corrected chi connectivity index (χ3v) is 2.97. The van der Waals surface area contributed by atoms with Gasteiger partial charge in [-0.2, -0.15) is 0 Å². The maximum Gasteiger partial charge on any atom is 0.122 e.